The van der Waals surface area contributed by atoms with E-state index in [2.05, 4.69) is 10.5 Å². The van der Waals surface area contributed by atoms with Crippen molar-refractivity contribution in [3.8, 4) is 11.5 Å². The van der Waals surface area contributed by atoms with Crippen LogP contribution < -0.4 is 14.9 Å². The summed E-state index contributed by atoms with van der Waals surface area (Å²) in [5.74, 6) is 1.20. The number of methoxy groups -OCH3 is 1. The number of nitrogens with one attached hydrogen (secondary N) is 1. The number of ether oxygens (including phenoxy) is 2. The molecule has 0 aliphatic heterocycles. The Bertz CT molecular complexity index is 715. The van der Waals surface area contributed by atoms with Gasteiger partial charge in [0.2, 0.25) is 5.91 Å². The lowest BCUT2D eigenvalue weighted by Crippen LogP contribution is -2.19. The first kappa shape index (κ1) is 17.8. The molecule has 24 heavy (non-hydrogen) atoms. The Morgan fingerprint density at radius 2 is 2.00 bits per heavy atom. The normalized spacial score (nSPS) is 10.6. The number of hydrogen-bond donors (Lipinski definition) is 1. The molecule has 0 heterocycles. The molecule has 0 aliphatic carbocycles. The van der Waals surface area contributed by atoms with Gasteiger partial charge in [-0.2, -0.15) is 5.10 Å². The van der Waals surface area contributed by atoms with Gasteiger partial charge in [-0.15, -0.1) is 0 Å². The monoisotopic (exact) mass is 346 g/mol. The summed E-state index contributed by atoms with van der Waals surface area (Å²) < 4.78 is 10.6. The van der Waals surface area contributed by atoms with Crippen molar-refractivity contribution >= 4 is 23.7 Å². The molecular formula is C18H19ClN2O3. The Morgan fingerprint density at radius 3 is 2.67 bits per heavy atom. The number of carbonyl (C=O) groups excluding carboxylic acids is 1. The second-order valence-electron chi connectivity index (χ2n) is 4.93. The molecule has 1 amide bonds. The van der Waals surface area contributed by atoms with Gasteiger partial charge in [-0.3, -0.25) is 4.79 Å². The first-order chi connectivity index (χ1) is 11.6. The van der Waals surface area contributed by atoms with Crippen molar-refractivity contribution in [1.29, 1.82) is 0 Å². The highest BCUT2D eigenvalue weighted by Gasteiger charge is 2.04. The maximum absolute atomic E-state index is 11.9. The van der Waals surface area contributed by atoms with Gasteiger partial charge in [-0.05, 0) is 42.8 Å². The third-order valence-corrected chi connectivity index (χ3v) is 3.42. The molecule has 2 aromatic carbocycles. The Morgan fingerprint density at radius 1 is 1.25 bits per heavy atom. The van der Waals surface area contributed by atoms with E-state index < -0.39 is 0 Å². The van der Waals surface area contributed by atoms with Crippen LogP contribution in [0.25, 0.3) is 0 Å². The molecule has 1 N–H and O–H groups in total. The summed E-state index contributed by atoms with van der Waals surface area (Å²) in [5, 5.41) is 4.51. The summed E-state index contributed by atoms with van der Waals surface area (Å²) in [5.41, 5.74) is 4.06. The molecule has 6 heteroatoms. The van der Waals surface area contributed by atoms with Gasteiger partial charge >= 0.3 is 0 Å². The van der Waals surface area contributed by atoms with Crippen LogP contribution in [0.2, 0.25) is 5.02 Å². The molecule has 5 nitrogen and oxygen atoms in total. The minimum Gasteiger partial charge on any atom is -0.496 e. The Labute approximate surface area is 146 Å². The van der Waals surface area contributed by atoms with Gasteiger partial charge in [-0.25, -0.2) is 5.43 Å². The van der Waals surface area contributed by atoms with E-state index in [-0.39, 0.29) is 12.3 Å². The van der Waals surface area contributed by atoms with Gasteiger partial charge in [0.25, 0.3) is 0 Å². The minimum atomic E-state index is -0.212. The van der Waals surface area contributed by atoms with Gasteiger partial charge in [0.05, 0.1) is 26.4 Å². The second-order valence-corrected chi connectivity index (χ2v) is 5.37. The average Bonchev–Trinajstić information content (AvgIpc) is 2.57. The molecule has 126 valence electrons. The molecule has 0 unspecified atom stereocenters. The predicted molar refractivity (Wildman–Crippen MR) is 95.1 cm³/mol. The lowest BCUT2D eigenvalue weighted by molar-refractivity contribution is -0.120. The number of benzene rings is 2. The molecule has 0 aromatic heterocycles. The number of hydrazone groups is 1. The summed E-state index contributed by atoms with van der Waals surface area (Å²) in [6.07, 6.45) is 1.73. The molecule has 0 atom stereocenters. The number of carbonyl (C=O) groups is 1. The maximum atomic E-state index is 11.9. The van der Waals surface area contributed by atoms with Crippen LogP contribution in [0.4, 0.5) is 0 Å². The lowest BCUT2D eigenvalue weighted by Gasteiger charge is -2.05. The summed E-state index contributed by atoms with van der Waals surface area (Å²) in [4.78, 5) is 11.9. The molecule has 0 aliphatic rings. The van der Waals surface area contributed by atoms with E-state index in [4.69, 9.17) is 21.1 Å². The number of hydrogen-bond acceptors (Lipinski definition) is 4. The van der Waals surface area contributed by atoms with E-state index in [0.717, 1.165) is 11.3 Å². The first-order valence-corrected chi connectivity index (χ1v) is 7.87. The van der Waals surface area contributed by atoms with Crippen molar-refractivity contribution in [3.63, 3.8) is 0 Å². The summed E-state index contributed by atoms with van der Waals surface area (Å²) in [6, 6.07) is 12.6. The Balaban J connectivity index is 1.92. The van der Waals surface area contributed by atoms with Crippen molar-refractivity contribution in [2.45, 2.75) is 13.3 Å². The van der Waals surface area contributed by atoms with Crippen LogP contribution in [0.15, 0.2) is 47.6 Å². The van der Waals surface area contributed by atoms with Crippen molar-refractivity contribution < 1.29 is 14.3 Å². The zero-order valence-corrected chi connectivity index (χ0v) is 14.3. The van der Waals surface area contributed by atoms with Crippen molar-refractivity contribution in [1.82, 2.24) is 5.43 Å². The van der Waals surface area contributed by atoms with E-state index in [1.165, 1.54) is 6.21 Å². The van der Waals surface area contributed by atoms with E-state index in [1.54, 1.807) is 25.3 Å². The number of halogens is 1. The first-order valence-electron chi connectivity index (χ1n) is 7.49. The highest BCUT2D eigenvalue weighted by molar-refractivity contribution is 6.30. The maximum Gasteiger partial charge on any atom is 0.244 e. The Kier molecular flexibility index (Phi) is 6.63. The zero-order valence-electron chi connectivity index (χ0n) is 13.6. The van der Waals surface area contributed by atoms with E-state index in [1.807, 2.05) is 31.2 Å². The lowest BCUT2D eigenvalue weighted by atomic mass is 10.1. The largest absolute Gasteiger partial charge is 0.496 e. The zero-order chi connectivity index (χ0) is 17.4. The quantitative estimate of drug-likeness (QED) is 0.617. The molecule has 0 radical (unpaired) electrons. The molecule has 0 saturated carbocycles. The third-order valence-electron chi connectivity index (χ3n) is 3.18. The number of amides is 1. The minimum absolute atomic E-state index is 0.212. The van der Waals surface area contributed by atoms with E-state index in [0.29, 0.717) is 22.9 Å². The smallest absolute Gasteiger partial charge is 0.244 e. The summed E-state index contributed by atoms with van der Waals surface area (Å²) in [7, 11) is 1.56. The van der Waals surface area contributed by atoms with Crippen LogP contribution in [0.1, 0.15) is 18.1 Å². The predicted octanol–water partition coefficient (Wildman–Crippen LogP) is 3.44. The van der Waals surface area contributed by atoms with Crippen LogP contribution in [-0.2, 0) is 11.2 Å². The molecule has 0 fully saturated rings. The van der Waals surface area contributed by atoms with E-state index in [9.17, 15) is 4.79 Å². The fraction of sp³-hybridized carbons (Fsp3) is 0.222. The molecule has 2 rings (SSSR count). The van der Waals surface area contributed by atoms with Gasteiger partial charge in [0.15, 0.2) is 0 Å². The number of nitrogens with zero attached hydrogens (tertiary/aromatic N) is 1. The second kappa shape index (κ2) is 8.93. The number of rotatable bonds is 7. The average molecular weight is 347 g/mol. The van der Waals surface area contributed by atoms with Crippen molar-refractivity contribution in [2.24, 2.45) is 5.10 Å². The fourth-order valence-electron chi connectivity index (χ4n) is 2.08. The SMILES string of the molecule is CCOc1ccc(CC(=O)N/N=C\c2cc(Cl)ccc2OC)cc1. The highest BCUT2D eigenvalue weighted by atomic mass is 35.5. The van der Waals surface area contributed by atoms with Crippen molar-refractivity contribution in [3.05, 3.63) is 58.6 Å². The molecule has 2 aromatic rings. The highest BCUT2D eigenvalue weighted by Crippen LogP contribution is 2.20. The van der Waals surface area contributed by atoms with Gasteiger partial charge < -0.3 is 9.47 Å². The van der Waals surface area contributed by atoms with E-state index >= 15 is 0 Å². The van der Waals surface area contributed by atoms with Crippen molar-refractivity contribution in [2.75, 3.05) is 13.7 Å². The fourth-order valence-corrected chi connectivity index (χ4v) is 2.26. The van der Waals surface area contributed by atoms with Crippen LogP contribution in [0.5, 0.6) is 11.5 Å². The van der Waals surface area contributed by atoms with Crippen LogP contribution in [0.3, 0.4) is 0 Å². The third kappa shape index (κ3) is 5.28. The Hall–Kier alpha value is -2.53. The van der Waals surface area contributed by atoms with Crippen LogP contribution in [0, 0.1) is 0 Å². The standard InChI is InChI=1S/C18H19ClN2O3/c1-3-24-16-7-4-13(5-8-16)10-18(22)21-20-12-14-11-15(19)6-9-17(14)23-2/h4-9,11-12H,3,10H2,1-2H3,(H,21,22)/b20-12-. The molecule has 0 bridgehead atoms. The molecule has 0 spiro atoms. The van der Waals surface area contributed by atoms with Gasteiger partial charge in [-0.1, -0.05) is 23.7 Å². The van der Waals surface area contributed by atoms with Crippen LogP contribution >= 0.6 is 11.6 Å². The van der Waals surface area contributed by atoms with Gasteiger partial charge in [0.1, 0.15) is 11.5 Å². The topological polar surface area (TPSA) is 59.9 Å². The molecule has 0 saturated heterocycles. The van der Waals surface area contributed by atoms with Crippen LogP contribution in [-0.4, -0.2) is 25.8 Å². The summed E-state index contributed by atoms with van der Waals surface area (Å²) in [6.45, 7) is 2.54. The van der Waals surface area contributed by atoms with Gasteiger partial charge in [0, 0.05) is 10.6 Å². The molecular weight excluding hydrogens is 328 g/mol. The summed E-state index contributed by atoms with van der Waals surface area (Å²) >= 11 is 5.94.